The molecule has 1 N–H and O–H groups in total. The molecule has 0 aromatic heterocycles. The lowest BCUT2D eigenvalue weighted by Crippen LogP contribution is -2.44. The first-order valence-electron chi connectivity index (χ1n) is 14.2. The molecule has 4 aliphatic heterocycles. The lowest BCUT2D eigenvalue weighted by atomic mass is 9.81. The molecular weight excluding hydrogens is 599 g/mol. The van der Waals surface area contributed by atoms with Crippen molar-refractivity contribution in [3.05, 3.63) is 34.1 Å². The van der Waals surface area contributed by atoms with Crippen molar-refractivity contribution in [1.29, 1.82) is 0 Å². The van der Waals surface area contributed by atoms with Crippen LogP contribution >= 0.6 is 15.9 Å². The first-order valence-corrected chi connectivity index (χ1v) is 15.0. The number of carbonyl (C=O) groups excluding carboxylic acids is 3. The normalized spacial score (nSPS) is 27.7. The van der Waals surface area contributed by atoms with Crippen LogP contribution in [0.1, 0.15) is 79.2 Å². The maximum atomic E-state index is 13.5. The summed E-state index contributed by atoms with van der Waals surface area (Å²) in [4.78, 5) is 51.2. The zero-order valence-electron chi connectivity index (χ0n) is 24.5. The molecule has 1 aromatic rings. The molecular formula is C30H40BrFN2O7. The number of carboxylic acids is 1. The first-order chi connectivity index (χ1) is 18.9. The number of ether oxygens (including phenoxy) is 2. The minimum Gasteiger partial charge on any atom is -0.480 e. The standard InChI is InChI=1S/C19H23BrFNO3.C11H17NO4/c1-19(2,3)25-18(24)22-15-8-12(9-15)17(22)16(23)5-4-11-6-13(20)10-14(21)7-11;1-11(2,3)16-10(15)12-7-4-6(5-7)8(12)9(13)14/h6-7,10,12,15,17H,4-5,8-9H2,1-3H3;6-8H,4-5H2,1-3H3,(H,13,14). The third kappa shape index (κ3) is 7.21. The Bertz CT molecular complexity index is 1180. The minimum atomic E-state index is -0.921. The van der Waals surface area contributed by atoms with Gasteiger partial charge in [0.25, 0.3) is 0 Å². The van der Waals surface area contributed by atoms with Crippen LogP contribution in [0.25, 0.3) is 0 Å². The molecule has 0 radical (unpaired) electrons. The number of hydrogen-bond acceptors (Lipinski definition) is 6. The average Bonchev–Trinajstić information content (AvgIpc) is 3.49. The van der Waals surface area contributed by atoms with Crippen LogP contribution in [0.3, 0.4) is 0 Å². The van der Waals surface area contributed by atoms with Crippen LogP contribution in [0.2, 0.25) is 0 Å². The van der Waals surface area contributed by atoms with Crippen LogP contribution < -0.4 is 0 Å². The van der Waals surface area contributed by atoms with Gasteiger partial charge >= 0.3 is 18.2 Å². The molecule has 2 amide bonds. The van der Waals surface area contributed by atoms with Crippen LogP contribution in [0, 0.1) is 17.7 Å². The van der Waals surface area contributed by atoms with Crippen molar-refractivity contribution in [1.82, 2.24) is 9.80 Å². The molecule has 226 valence electrons. The Kier molecular flexibility index (Phi) is 8.79. The van der Waals surface area contributed by atoms with Crippen molar-refractivity contribution in [3.8, 4) is 0 Å². The summed E-state index contributed by atoms with van der Waals surface area (Å²) in [6.45, 7) is 10.8. The molecule has 9 nitrogen and oxygen atoms in total. The van der Waals surface area contributed by atoms with E-state index in [0.717, 1.165) is 31.2 Å². The van der Waals surface area contributed by atoms with Gasteiger partial charge < -0.3 is 14.6 Å². The molecule has 41 heavy (non-hydrogen) atoms. The summed E-state index contributed by atoms with van der Waals surface area (Å²) < 4.78 is 24.8. The van der Waals surface area contributed by atoms with Crippen LogP contribution in [0.4, 0.5) is 14.0 Å². The largest absolute Gasteiger partial charge is 0.480 e. The number of amides is 2. The molecule has 2 aliphatic carbocycles. The summed E-state index contributed by atoms with van der Waals surface area (Å²) >= 11 is 3.26. The molecule has 2 unspecified atom stereocenters. The SMILES string of the molecule is CC(C)(C)OC(=O)N1C2CC(C2)C1C(=O)CCc1cc(F)cc(Br)c1.CC(C)(C)OC(=O)N1C2CC(C2)C1C(=O)O. The van der Waals surface area contributed by atoms with Crippen molar-refractivity contribution >= 4 is 39.9 Å². The maximum Gasteiger partial charge on any atom is 0.411 e. The van der Waals surface area contributed by atoms with Gasteiger partial charge in [-0.05, 0) is 109 Å². The van der Waals surface area contributed by atoms with E-state index in [4.69, 9.17) is 14.6 Å². The molecule has 1 aromatic carbocycles. The number of ketones is 1. The van der Waals surface area contributed by atoms with E-state index in [1.165, 1.54) is 17.0 Å². The Morgan fingerprint density at radius 3 is 1.76 bits per heavy atom. The summed E-state index contributed by atoms with van der Waals surface area (Å²) in [6.07, 6.45) is 3.22. The van der Waals surface area contributed by atoms with Gasteiger partial charge in [0.1, 0.15) is 23.1 Å². The van der Waals surface area contributed by atoms with E-state index in [-0.39, 0.29) is 35.5 Å². The van der Waals surface area contributed by atoms with E-state index in [0.29, 0.717) is 17.3 Å². The van der Waals surface area contributed by atoms with Crippen molar-refractivity contribution in [2.45, 2.75) is 115 Å². The average molecular weight is 640 g/mol. The number of nitrogens with zero attached hydrogens (tertiary/aromatic N) is 2. The van der Waals surface area contributed by atoms with E-state index >= 15 is 0 Å². The van der Waals surface area contributed by atoms with Gasteiger partial charge in [0.2, 0.25) is 0 Å². The lowest BCUT2D eigenvalue weighted by molar-refractivity contribution is -0.142. The summed E-state index contributed by atoms with van der Waals surface area (Å²) in [5.74, 6) is -0.846. The predicted molar refractivity (Wildman–Crippen MR) is 152 cm³/mol. The number of carbonyl (C=O) groups is 4. The Hall–Kier alpha value is -2.69. The molecule has 4 bridgehead atoms. The van der Waals surface area contributed by atoms with E-state index in [9.17, 15) is 23.6 Å². The second kappa shape index (κ2) is 11.5. The fourth-order valence-corrected chi connectivity index (χ4v) is 6.71. The van der Waals surface area contributed by atoms with Crippen molar-refractivity contribution < 1.29 is 38.1 Å². The van der Waals surface area contributed by atoms with Gasteiger partial charge in [-0.3, -0.25) is 14.6 Å². The summed E-state index contributed by atoms with van der Waals surface area (Å²) in [5, 5.41) is 9.08. The third-order valence-corrected chi connectivity index (χ3v) is 8.41. The first kappa shape index (κ1) is 31.3. The Labute approximate surface area is 248 Å². The maximum absolute atomic E-state index is 13.5. The molecule has 11 heteroatoms. The molecule has 4 heterocycles. The topological polar surface area (TPSA) is 113 Å². The second-order valence-electron chi connectivity index (χ2n) is 13.5. The predicted octanol–water partition coefficient (Wildman–Crippen LogP) is 5.96. The van der Waals surface area contributed by atoms with Gasteiger partial charge in [-0.2, -0.15) is 0 Å². The fraction of sp³-hybridized carbons (Fsp3) is 0.667. The molecule has 2 atom stereocenters. The van der Waals surface area contributed by atoms with E-state index in [1.807, 2.05) is 26.8 Å². The summed E-state index contributed by atoms with van der Waals surface area (Å²) in [5.41, 5.74) is -0.382. The number of halogens is 2. The minimum absolute atomic E-state index is 0.0382. The number of rotatable bonds is 5. The number of aryl methyl sites for hydroxylation is 1. The monoisotopic (exact) mass is 638 g/mol. The van der Waals surface area contributed by atoms with Gasteiger partial charge in [-0.1, -0.05) is 15.9 Å². The summed E-state index contributed by atoms with van der Waals surface area (Å²) in [7, 11) is 0. The van der Waals surface area contributed by atoms with Crippen LogP contribution in [-0.2, 0) is 25.5 Å². The zero-order valence-corrected chi connectivity index (χ0v) is 26.1. The fourth-order valence-electron chi connectivity index (χ4n) is 6.20. The highest BCUT2D eigenvalue weighted by Gasteiger charge is 2.57. The molecule has 4 saturated heterocycles. The number of Topliss-reactive ketones (excluding diaryl/α,β-unsaturated/α-hetero) is 1. The van der Waals surface area contributed by atoms with Gasteiger partial charge in [0.15, 0.2) is 5.78 Å². The summed E-state index contributed by atoms with van der Waals surface area (Å²) in [6, 6.07) is 3.77. The van der Waals surface area contributed by atoms with Gasteiger partial charge in [0.05, 0.1) is 6.04 Å². The number of aliphatic carboxylic acids is 1. The van der Waals surface area contributed by atoms with Crippen molar-refractivity contribution in [3.63, 3.8) is 0 Å². The lowest BCUT2D eigenvalue weighted by Gasteiger charge is -2.29. The van der Waals surface area contributed by atoms with E-state index in [2.05, 4.69) is 15.9 Å². The smallest absolute Gasteiger partial charge is 0.411 e. The second-order valence-corrected chi connectivity index (χ2v) is 14.4. The molecule has 6 aliphatic rings. The Morgan fingerprint density at radius 1 is 0.854 bits per heavy atom. The van der Waals surface area contributed by atoms with Crippen LogP contribution in [0.15, 0.2) is 22.7 Å². The highest BCUT2D eigenvalue weighted by Crippen LogP contribution is 2.47. The highest BCUT2D eigenvalue weighted by atomic mass is 79.9. The quantitative estimate of drug-likeness (QED) is 0.423. The van der Waals surface area contributed by atoms with Crippen LogP contribution in [0.5, 0.6) is 0 Å². The van der Waals surface area contributed by atoms with E-state index in [1.54, 1.807) is 25.7 Å². The molecule has 2 saturated carbocycles. The molecule has 7 rings (SSSR count). The van der Waals surface area contributed by atoms with Gasteiger partial charge in [-0.15, -0.1) is 0 Å². The van der Waals surface area contributed by atoms with Crippen LogP contribution in [-0.4, -0.2) is 74.2 Å². The van der Waals surface area contributed by atoms with E-state index < -0.39 is 41.4 Å². The van der Waals surface area contributed by atoms with Crippen molar-refractivity contribution in [2.24, 2.45) is 11.8 Å². The molecule has 6 fully saturated rings. The molecule has 0 spiro atoms. The Balaban J connectivity index is 0.000000208. The number of carboxylic acid groups (broad SMARTS) is 1. The Morgan fingerprint density at radius 2 is 1.32 bits per heavy atom. The highest BCUT2D eigenvalue weighted by molar-refractivity contribution is 9.10. The number of benzene rings is 1. The number of hydrogen-bond donors (Lipinski definition) is 1. The van der Waals surface area contributed by atoms with Gasteiger partial charge in [0, 0.05) is 23.0 Å². The zero-order chi connectivity index (χ0) is 30.4. The number of fused-ring (bicyclic) bond motifs is 2. The third-order valence-electron chi connectivity index (χ3n) is 7.95. The van der Waals surface area contributed by atoms with Gasteiger partial charge in [-0.25, -0.2) is 18.8 Å². The van der Waals surface area contributed by atoms with Crippen molar-refractivity contribution in [2.75, 3.05) is 0 Å².